The van der Waals surface area contributed by atoms with Crippen molar-refractivity contribution in [3.8, 4) is 0 Å². The fourth-order valence-electron chi connectivity index (χ4n) is 2.60. The van der Waals surface area contributed by atoms with Crippen LogP contribution >= 0.6 is 11.6 Å². The molecule has 1 amide bonds. The number of nitrogens with zero attached hydrogens (tertiary/aromatic N) is 2. The van der Waals surface area contributed by atoms with Gasteiger partial charge in [0.05, 0.1) is 0 Å². The molecule has 0 bridgehead atoms. The first-order valence-electron chi connectivity index (χ1n) is 8.18. The number of para-hydroxylation sites is 1. The van der Waals surface area contributed by atoms with E-state index < -0.39 is 0 Å². The molecule has 0 radical (unpaired) electrons. The highest BCUT2D eigenvalue weighted by Crippen LogP contribution is 2.25. The zero-order valence-corrected chi connectivity index (χ0v) is 15.6. The molecule has 2 N–H and O–H groups in total. The third kappa shape index (κ3) is 3.83. The monoisotopic (exact) mass is 366 g/mol. The predicted octanol–water partition coefficient (Wildman–Crippen LogP) is 5.05. The molecule has 26 heavy (non-hydrogen) atoms. The third-order valence-corrected chi connectivity index (χ3v) is 4.53. The summed E-state index contributed by atoms with van der Waals surface area (Å²) in [5, 5.41) is 6.69. The molecule has 5 nitrogen and oxygen atoms in total. The molecule has 0 aliphatic carbocycles. The molecule has 0 aliphatic heterocycles. The highest BCUT2D eigenvalue weighted by Gasteiger charge is 2.12. The first kappa shape index (κ1) is 17.9. The van der Waals surface area contributed by atoms with Gasteiger partial charge in [-0.2, -0.15) is 0 Å². The Bertz CT molecular complexity index is 952. The Kier molecular flexibility index (Phi) is 5.19. The van der Waals surface area contributed by atoms with Gasteiger partial charge in [-0.3, -0.25) is 4.79 Å². The minimum atomic E-state index is -0.282. The molecule has 0 unspecified atom stereocenters. The van der Waals surface area contributed by atoms with Crippen LogP contribution < -0.4 is 10.6 Å². The number of nitrogens with one attached hydrogen (secondary N) is 2. The summed E-state index contributed by atoms with van der Waals surface area (Å²) in [4.78, 5) is 21.1. The molecule has 0 spiro atoms. The van der Waals surface area contributed by atoms with Gasteiger partial charge in [-0.05, 0) is 55.7 Å². The van der Waals surface area contributed by atoms with Gasteiger partial charge in [0.25, 0.3) is 5.91 Å². The summed E-state index contributed by atoms with van der Waals surface area (Å²) in [6, 6.07) is 13.0. The topological polar surface area (TPSA) is 66.9 Å². The zero-order chi connectivity index (χ0) is 18.7. The van der Waals surface area contributed by atoms with E-state index in [0.29, 0.717) is 11.0 Å². The molecular formula is C20H19ClN4O. The van der Waals surface area contributed by atoms with Crippen LogP contribution in [-0.4, -0.2) is 15.9 Å². The second-order valence-electron chi connectivity index (χ2n) is 6.02. The molecule has 132 valence electrons. The van der Waals surface area contributed by atoms with Gasteiger partial charge in [0.2, 0.25) is 5.95 Å². The summed E-state index contributed by atoms with van der Waals surface area (Å²) in [7, 11) is 0. The van der Waals surface area contributed by atoms with Crippen LogP contribution in [0, 0.1) is 20.8 Å². The summed E-state index contributed by atoms with van der Waals surface area (Å²) in [5.41, 5.74) is 4.77. The summed E-state index contributed by atoms with van der Waals surface area (Å²) < 4.78 is 0. The number of carbonyl (C=O) groups excluding carboxylic acids is 1. The van der Waals surface area contributed by atoms with E-state index >= 15 is 0 Å². The maximum atomic E-state index is 12.6. The van der Waals surface area contributed by atoms with Gasteiger partial charge in [0.15, 0.2) is 0 Å². The van der Waals surface area contributed by atoms with Gasteiger partial charge >= 0.3 is 0 Å². The number of hydrogen-bond acceptors (Lipinski definition) is 4. The largest absolute Gasteiger partial charge is 0.324 e. The van der Waals surface area contributed by atoms with Crippen LogP contribution in [0.15, 0.2) is 48.7 Å². The van der Waals surface area contributed by atoms with Crippen molar-refractivity contribution in [3.63, 3.8) is 0 Å². The minimum absolute atomic E-state index is 0.282. The molecule has 6 heteroatoms. The number of carbonyl (C=O) groups is 1. The van der Waals surface area contributed by atoms with Crippen molar-refractivity contribution in [2.24, 2.45) is 0 Å². The van der Waals surface area contributed by atoms with Crippen molar-refractivity contribution in [2.75, 3.05) is 10.6 Å². The Morgan fingerprint density at radius 1 is 1.00 bits per heavy atom. The lowest BCUT2D eigenvalue weighted by Gasteiger charge is -2.12. The standard InChI is InChI=1S/C20H19ClN4O/c1-12-6-4-7-13(2)18(12)25-19(26)17-10-11-22-20(24-17)23-16-9-5-8-15(21)14(16)3/h4-11H,1-3H3,(H,25,26)(H,22,23,24). The number of benzene rings is 2. The fraction of sp³-hybridized carbons (Fsp3) is 0.150. The van der Waals surface area contributed by atoms with Crippen molar-refractivity contribution < 1.29 is 4.79 Å². The maximum Gasteiger partial charge on any atom is 0.274 e. The molecule has 0 aliphatic rings. The number of aromatic nitrogens is 2. The van der Waals surface area contributed by atoms with Crippen LogP contribution in [0.2, 0.25) is 5.02 Å². The van der Waals surface area contributed by atoms with Gasteiger partial charge in [0.1, 0.15) is 5.69 Å². The predicted molar refractivity (Wildman–Crippen MR) is 105 cm³/mol. The number of halogens is 1. The van der Waals surface area contributed by atoms with Gasteiger partial charge in [-0.1, -0.05) is 35.9 Å². The number of rotatable bonds is 4. The number of aryl methyl sites for hydroxylation is 2. The molecule has 1 aromatic heterocycles. The second-order valence-corrected chi connectivity index (χ2v) is 6.43. The van der Waals surface area contributed by atoms with Crippen molar-refractivity contribution in [2.45, 2.75) is 20.8 Å². The molecule has 0 atom stereocenters. The van der Waals surface area contributed by atoms with Crippen LogP contribution in [0.1, 0.15) is 27.2 Å². The van der Waals surface area contributed by atoms with E-state index in [1.54, 1.807) is 12.3 Å². The zero-order valence-electron chi connectivity index (χ0n) is 14.8. The lowest BCUT2D eigenvalue weighted by atomic mass is 10.1. The number of anilines is 3. The molecule has 0 saturated carbocycles. The van der Waals surface area contributed by atoms with Gasteiger partial charge < -0.3 is 10.6 Å². The second kappa shape index (κ2) is 7.54. The normalized spacial score (nSPS) is 10.5. The Morgan fingerprint density at radius 3 is 2.42 bits per heavy atom. The molecule has 0 fully saturated rings. The maximum absolute atomic E-state index is 12.6. The first-order chi connectivity index (χ1) is 12.5. The first-order valence-corrected chi connectivity index (χ1v) is 8.56. The molecular weight excluding hydrogens is 348 g/mol. The van der Waals surface area contributed by atoms with E-state index in [1.165, 1.54) is 0 Å². The average Bonchev–Trinajstić information content (AvgIpc) is 2.62. The van der Waals surface area contributed by atoms with Crippen molar-refractivity contribution in [3.05, 3.63) is 76.1 Å². The third-order valence-electron chi connectivity index (χ3n) is 4.12. The summed E-state index contributed by atoms with van der Waals surface area (Å²) in [6.07, 6.45) is 1.55. The SMILES string of the molecule is Cc1cccc(C)c1NC(=O)c1ccnc(Nc2cccc(Cl)c2C)n1. The summed E-state index contributed by atoms with van der Waals surface area (Å²) in [6.45, 7) is 5.82. The van der Waals surface area contributed by atoms with E-state index in [0.717, 1.165) is 28.1 Å². The van der Waals surface area contributed by atoms with Gasteiger partial charge in [-0.25, -0.2) is 9.97 Å². The summed E-state index contributed by atoms with van der Waals surface area (Å²) in [5.74, 6) is 0.0557. The van der Waals surface area contributed by atoms with E-state index in [-0.39, 0.29) is 11.6 Å². The summed E-state index contributed by atoms with van der Waals surface area (Å²) >= 11 is 6.14. The lowest BCUT2D eigenvalue weighted by molar-refractivity contribution is 0.102. The van der Waals surface area contributed by atoms with E-state index in [1.807, 2.05) is 57.2 Å². The highest BCUT2D eigenvalue weighted by atomic mass is 35.5. The van der Waals surface area contributed by atoms with Crippen molar-refractivity contribution >= 4 is 34.8 Å². The Balaban J connectivity index is 1.83. The quantitative estimate of drug-likeness (QED) is 0.678. The van der Waals surface area contributed by atoms with E-state index in [4.69, 9.17) is 11.6 Å². The van der Waals surface area contributed by atoms with Crippen LogP contribution in [0.5, 0.6) is 0 Å². The molecule has 0 saturated heterocycles. The lowest BCUT2D eigenvalue weighted by Crippen LogP contribution is -2.16. The van der Waals surface area contributed by atoms with Crippen LogP contribution in [-0.2, 0) is 0 Å². The molecule has 2 aromatic carbocycles. The van der Waals surface area contributed by atoms with Crippen LogP contribution in [0.4, 0.5) is 17.3 Å². The Labute approximate surface area is 157 Å². The minimum Gasteiger partial charge on any atom is -0.324 e. The van der Waals surface area contributed by atoms with E-state index in [9.17, 15) is 4.79 Å². The van der Waals surface area contributed by atoms with Gasteiger partial charge in [-0.15, -0.1) is 0 Å². The molecule has 3 rings (SSSR count). The van der Waals surface area contributed by atoms with Crippen LogP contribution in [0.3, 0.4) is 0 Å². The average molecular weight is 367 g/mol. The van der Waals surface area contributed by atoms with E-state index in [2.05, 4.69) is 20.6 Å². The number of amides is 1. The Hall–Kier alpha value is -2.92. The molecule has 1 heterocycles. The number of hydrogen-bond donors (Lipinski definition) is 2. The van der Waals surface area contributed by atoms with Crippen molar-refractivity contribution in [1.82, 2.24) is 9.97 Å². The van der Waals surface area contributed by atoms with Gasteiger partial charge in [0, 0.05) is 22.6 Å². The van der Waals surface area contributed by atoms with Crippen LogP contribution in [0.25, 0.3) is 0 Å². The molecule has 3 aromatic rings. The fourth-order valence-corrected chi connectivity index (χ4v) is 2.77. The highest BCUT2D eigenvalue weighted by molar-refractivity contribution is 6.31. The smallest absolute Gasteiger partial charge is 0.274 e. The van der Waals surface area contributed by atoms with Crippen molar-refractivity contribution in [1.29, 1.82) is 0 Å². The Morgan fingerprint density at radius 2 is 1.69 bits per heavy atom.